The summed E-state index contributed by atoms with van der Waals surface area (Å²) in [7, 11) is 0. The Morgan fingerprint density at radius 3 is 2.64 bits per heavy atom. The molecule has 0 aliphatic heterocycles. The molecule has 0 radical (unpaired) electrons. The molecule has 2 unspecified atom stereocenters. The molecular formula is C17H22N6OS. The van der Waals surface area contributed by atoms with E-state index in [1.807, 2.05) is 44.2 Å². The fourth-order valence-corrected chi connectivity index (χ4v) is 2.80. The smallest absolute Gasteiger partial charge is 0.234 e. The van der Waals surface area contributed by atoms with Crippen LogP contribution in [0.3, 0.4) is 0 Å². The molecule has 132 valence electrons. The number of nitrogens with zero attached hydrogens (tertiary/aromatic N) is 5. The lowest BCUT2D eigenvalue weighted by atomic mass is 9.90. The zero-order chi connectivity index (χ0) is 18.4. The molecule has 1 N–H and O–H groups in total. The van der Waals surface area contributed by atoms with Gasteiger partial charge in [-0.05, 0) is 35.8 Å². The Bertz CT molecular complexity index is 754. The van der Waals surface area contributed by atoms with E-state index in [-0.39, 0.29) is 11.8 Å². The summed E-state index contributed by atoms with van der Waals surface area (Å²) < 4.78 is 1.66. The summed E-state index contributed by atoms with van der Waals surface area (Å²) in [5, 5.41) is 24.0. The van der Waals surface area contributed by atoms with E-state index in [2.05, 4.69) is 26.9 Å². The van der Waals surface area contributed by atoms with Gasteiger partial charge >= 0.3 is 0 Å². The summed E-state index contributed by atoms with van der Waals surface area (Å²) in [5.74, 6) is -0.209. The van der Waals surface area contributed by atoms with Gasteiger partial charge in [-0.1, -0.05) is 55.9 Å². The van der Waals surface area contributed by atoms with Gasteiger partial charge in [-0.25, -0.2) is 4.68 Å². The molecule has 7 nitrogen and oxygen atoms in total. The molecule has 1 aromatic carbocycles. The topological polar surface area (TPSA) is 96.5 Å². The summed E-state index contributed by atoms with van der Waals surface area (Å²) in [6.45, 7) is 7.85. The van der Waals surface area contributed by atoms with E-state index in [1.165, 1.54) is 11.8 Å². The van der Waals surface area contributed by atoms with Crippen LogP contribution < -0.4 is 5.32 Å². The number of hydrogen-bond donors (Lipinski definition) is 1. The molecule has 8 heteroatoms. The first-order valence-corrected chi connectivity index (χ1v) is 8.93. The number of hydrogen-bond acceptors (Lipinski definition) is 6. The predicted molar refractivity (Wildman–Crippen MR) is 95.7 cm³/mol. The Morgan fingerprint density at radius 1 is 1.36 bits per heavy atom. The number of nitriles is 1. The number of nitrogens with one attached hydrogen (secondary N) is 1. The Morgan fingerprint density at radius 2 is 2.04 bits per heavy atom. The van der Waals surface area contributed by atoms with Crippen LogP contribution in [0.5, 0.6) is 0 Å². The van der Waals surface area contributed by atoms with Crippen molar-refractivity contribution in [2.45, 2.75) is 50.2 Å². The summed E-state index contributed by atoms with van der Waals surface area (Å²) in [6, 6.07) is 12.0. The van der Waals surface area contributed by atoms with Gasteiger partial charge in [0, 0.05) is 0 Å². The molecule has 2 aromatic rings. The van der Waals surface area contributed by atoms with Crippen LogP contribution in [0.1, 0.15) is 33.3 Å². The van der Waals surface area contributed by atoms with Gasteiger partial charge in [-0.3, -0.25) is 4.79 Å². The van der Waals surface area contributed by atoms with Crippen LogP contribution >= 0.6 is 11.8 Å². The highest BCUT2D eigenvalue weighted by atomic mass is 32.2. The zero-order valence-corrected chi connectivity index (χ0v) is 15.6. The van der Waals surface area contributed by atoms with Crippen LogP contribution in [-0.4, -0.2) is 36.9 Å². The number of thioether (sulfide) groups is 1. The van der Waals surface area contributed by atoms with Gasteiger partial charge in [0.05, 0.1) is 17.9 Å². The van der Waals surface area contributed by atoms with Crippen molar-refractivity contribution in [3.05, 3.63) is 35.9 Å². The third kappa shape index (κ3) is 4.79. The van der Waals surface area contributed by atoms with Crippen molar-refractivity contribution >= 4 is 17.7 Å². The Balaban J connectivity index is 2.04. The molecule has 2 rings (SSSR count). The van der Waals surface area contributed by atoms with Crippen LogP contribution in [0.2, 0.25) is 0 Å². The van der Waals surface area contributed by atoms with Crippen molar-refractivity contribution in [1.82, 2.24) is 25.5 Å². The maximum absolute atomic E-state index is 12.5. The molecule has 0 aliphatic carbocycles. The van der Waals surface area contributed by atoms with Crippen molar-refractivity contribution in [2.75, 3.05) is 0 Å². The average molecular weight is 358 g/mol. The fourth-order valence-electron chi connectivity index (χ4n) is 2.01. The number of benzene rings is 1. The summed E-state index contributed by atoms with van der Waals surface area (Å²) in [6.07, 6.45) is 0. The lowest BCUT2D eigenvalue weighted by Crippen LogP contribution is -2.51. The minimum absolute atomic E-state index is 0.00190. The zero-order valence-electron chi connectivity index (χ0n) is 14.8. The molecule has 0 fully saturated rings. The van der Waals surface area contributed by atoms with Gasteiger partial charge in [0.15, 0.2) is 0 Å². The third-order valence-electron chi connectivity index (χ3n) is 4.10. The molecule has 0 saturated heterocycles. The van der Waals surface area contributed by atoms with Crippen LogP contribution in [0.15, 0.2) is 35.5 Å². The van der Waals surface area contributed by atoms with Gasteiger partial charge < -0.3 is 5.32 Å². The standard InChI is InChI=1S/C17H22N6OS/c1-12(2)17(4,11-18)19-15(24)13(3)25-16-20-21-22-23(16)10-14-8-6-5-7-9-14/h5-9,12-13H,10H2,1-4H3,(H,19,24). The molecule has 1 amide bonds. The van der Waals surface area contributed by atoms with E-state index in [1.54, 1.807) is 18.5 Å². The second-order valence-electron chi connectivity index (χ2n) is 6.32. The molecule has 25 heavy (non-hydrogen) atoms. The summed E-state index contributed by atoms with van der Waals surface area (Å²) >= 11 is 1.27. The van der Waals surface area contributed by atoms with E-state index in [0.717, 1.165) is 5.56 Å². The number of carbonyl (C=O) groups excluding carboxylic acids is 1. The van der Waals surface area contributed by atoms with Crippen LogP contribution in [0, 0.1) is 17.2 Å². The molecule has 2 atom stereocenters. The molecule has 0 bridgehead atoms. The molecule has 1 heterocycles. The lowest BCUT2D eigenvalue weighted by Gasteiger charge is -2.28. The molecular weight excluding hydrogens is 336 g/mol. The quantitative estimate of drug-likeness (QED) is 0.763. The number of aromatic nitrogens is 4. The van der Waals surface area contributed by atoms with Gasteiger partial charge in [0.2, 0.25) is 11.1 Å². The predicted octanol–water partition coefficient (Wildman–Crippen LogP) is 2.26. The van der Waals surface area contributed by atoms with Crippen molar-refractivity contribution in [2.24, 2.45) is 5.92 Å². The minimum Gasteiger partial charge on any atom is -0.337 e. The first kappa shape index (κ1) is 18.9. The van der Waals surface area contributed by atoms with Crippen molar-refractivity contribution in [3.63, 3.8) is 0 Å². The third-order valence-corrected chi connectivity index (χ3v) is 5.17. The van der Waals surface area contributed by atoms with E-state index in [0.29, 0.717) is 11.7 Å². The molecule has 0 aliphatic rings. The van der Waals surface area contributed by atoms with E-state index in [9.17, 15) is 10.1 Å². The highest BCUT2D eigenvalue weighted by Crippen LogP contribution is 2.23. The minimum atomic E-state index is -0.901. The van der Waals surface area contributed by atoms with Crippen LogP contribution in [-0.2, 0) is 11.3 Å². The lowest BCUT2D eigenvalue weighted by molar-refractivity contribution is -0.121. The second-order valence-corrected chi connectivity index (χ2v) is 7.63. The maximum Gasteiger partial charge on any atom is 0.234 e. The van der Waals surface area contributed by atoms with Gasteiger partial charge in [-0.2, -0.15) is 5.26 Å². The monoisotopic (exact) mass is 358 g/mol. The fraction of sp³-hybridized carbons (Fsp3) is 0.471. The highest BCUT2D eigenvalue weighted by molar-refractivity contribution is 8.00. The molecule has 1 aromatic heterocycles. The van der Waals surface area contributed by atoms with E-state index in [4.69, 9.17) is 0 Å². The number of carbonyl (C=O) groups is 1. The van der Waals surface area contributed by atoms with Crippen molar-refractivity contribution in [1.29, 1.82) is 5.26 Å². The second kappa shape index (κ2) is 8.12. The molecule has 0 saturated carbocycles. The Kier molecular flexibility index (Phi) is 6.15. The Labute approximate surface area is 151 Å². The first-order valence-electron chi connectivity index (χ1n) is 8.05. The number of tetrazole rings is 1. The van der Waals surface area contributed by atoms with E-state index < -0.39 is 10.8 Å². The largest absolute Gasteiger partial charge is 0.337 e. The van der Waals surface area contributed by atoms with Gasteiger partial charge in [0.25, 0.3) is 0 Å². The average Bonchev–Trinajstić information content (AvgIpc) is 3.02. The normalized spacial score (nSPS) is 14.6. The summed E-state index contributed by atoms with van der Waals surface area (Å²) in [5.41, 5.74) is 0.174. The highest BCUT2D eigenvalue weighted by Gasteiger charge is 2.32. The summed E-state index contributed by atoms with van der Waals surface area (Å²) in [4.78, 5) is 12.5. The first-order chi connectivity index (χ1) is 11.9. The molecule has 0 spiro atoms. The maximum atomic E-state index is 12.5. The van der Waals surface area contributed by atoms with Crippen LogP contribution in [0.25, 0.3) is 0 Å². The number of rotatable bonds is 7. The number of amides is 1. The van der Waals surface area contributed by atoms with Crippen molar-refractivity contribution in [3.8, 4) is 6.07 Å². The van der Waals surface area contributed by atoms with Gasteiger partial charge in [-0.15, -0.1) is 5.10 Å². The van der Waals surface area contributed by atoms with Gasteiger partial charge in [0.1, 0.15) is 5.54 Å². The van der Waals surface area contributed by atoms with Crippen molar-refractivity contribution < 1.29 is 4.79 Å². The Hall–Kier alpha value is -2.40. The van der Waals surface area contributed by atoms with E-state index >= 15 is 0 Å². The van der Waals surface area contributed by atoms with Crippen LogP contribution in [0.4, 0.5) is 0 Å². The SMILES string of the molecule is CC(Sc1nnnn1Cc1ccccc1)C(=O)NC(C)(C#N)C(C)C.